The molecule has 7 aromatic heterocycles. The van der Waals surface area contributed by atoms with Crippen LogP contribution in [-0.4, -0.2) is 78.3 Å². The molecule has 86 heavy (non-hydrogen) atoms. The number of carbonyl (C=O) groups is 2. The molecule has 1 N–H and O–H groups in total. The van der Waals surface area contributed by atoms with Crippen LogP contribution < -0.4 is 4.90 Å². The van der Waals surface area contributed by atoms with Crippen molar-refractivity contribution in [1.29, 1.82) is 0 Å². The van der Waals surface area contributed by atoms with E-state index < -0.39 is 6.10 Å². The van der Waals surface area contributed by atoms with E-state index in [1.165, 1.54) is 78.9 Å². The summed E-state index contributed by atoms with van der Waals surface area (Å²) in [6.07, 6.45) is 23.8. The molecule has 0 saturated heterocycles. The van der Waals surface area contributed by atoms with Gasteiger partial charge in [-0.2, -0.15) is 20.4 Å². The molecule has 0 saturated carbocycles. The SMILES string of the molecule is Clc1ncc(Cc2ccc(-n3cccn3)cc2)s1.O=Cc1ccc(-n2cccn2)cc1.O=Cc1ccc(F)cc1.OC(c1ccc(-n2cccn2)cc1)c1cnc(Cl)s1.c1ccc2c(c1)CCN(c1ncc(Cc3ccc(-n4cccn4)cc3)s1)C2. The molecule has 0 bridgehead atoms. The number of aldehydes is 2. The number of hydrogen-bond donors (Lipinski definition) is 1. The Labute approximate surface area is 517 Å². The van der Waals surface area contributed by atoms with Gasteiger partial charge in [0.2, 0.25) is 0 Å². The van der Waals surface area contributed by atoms with Crippen molar-refractivity contribution in [2.75, 3.05) is 11.4 Å². The Bertz CT molecular complexity index is 4120. The van der Waals surface area contributed by atoms with Crippen LogP contribution in [0.2, 0.25) is 8.93 Å². The maximum Gasteiger partial charge on any atom is 0.185 e. The molecule has 15 nitrogen and oxygen atoms in total. The molecule has 8 heterocycles. The second-order valence-electron chi connectivity index (χ2n) is 19.0. The monoisotopic (exact) mass is 1230 g/mol. The third kappa shape index (κ3) is 16.7. The Kier molecular flexibility index (Phi) is 20.8. The normalized spacial score (nSPS) is 11.7. The number of aliphatic hydroxyl groups is 1. The highest BCUT2D eigenvalue weighted by molar-refractivity contribution is 7.16. The first-order valence-electron chi connectivity index (χ1n) is 26.8. The Hall–Kier alpha value is -9.34. The number of fused-ring (bicyclic) bond motifs is 1. The average molecular weight is 1240 g/mol. The standard InChI is InChI=1S/C22H20N4S.C13H10ClN3OS.C13H10ClN3S.C10H8N2O.C7H5FO/c1-2-5-19-16-25(13-10-18(19)4-1)22-23-15-21(27-22)14-17-6-8-20(9-7-17)26-12-3-11-24-26;14-13-15-8-11(19-13)12(18)9-2-4-10(5-3-9)17-7-1-6-16-17;14-13-15-9-12(18-13)8-10-2-4-11(5-3-10)17-7-1-6-16-17;13-8-9-2-4-10(5-3-9)12-7-1-6-11-12;8-7-3-1-6(5-9)2-4-7/h1-9,11-12,15H,10,13-14,16H2;1-8,12,18H;1-7,9H,8H2;1-8H;1-5H. The largest absolute Gasteiger partial charge is 0.383 e. The van der Waals surface area contributed by atoms with Crippen molar-refractivity contribution in [2.24, 2.45) is 0 Å². The van der Waals surface area contributed by atoms with Gasteiger partial charge in [0.15, 0.2) is 14.1 Å². The number of halogens is 3. The van der Waals surface area contributed by atoms with Crippen molar-refractivity contribution >= 4 is 74.9 Å². The first kappa shape index (κ1) is 59.8. The van der Waals surface area contributed by atoms with E-state index in [1.807, 2.05) is 119 Å². The first-order chi connectivity index (χ1) is 42.1. The molecule has 1 aliphatic heterocycles. The molecule has 1 unspecified atom stereocenters. The van der Waals surface area contributed by atoms with Crippen molar-refractivity contribution in [1.82, 2.24) is 54.1 Å². The van der Waals surface area contributed by atoms with E-state index in [0.717, 1.165) is 77.0 Å². The van der Waals surface area contributed by atoms with Gasteiger partial charge in [0.1, 0.15) is 24.5 Å². The molecule has 430 valence electrons. The summed E-state index contributed by atoms with van der Waals surface area (Å²) < 4.78 is 20.4. The zero-order chi connectivity index (χ0) is 59.5. The molecule has 0 spiro atoms. The molecule has 0 aliphatic carbocycles. The summed E-state index contributed by atoms with van der Waals surface area (Å²) in [4.78, 5) is 38.7. The number of aromatic nitrogens is 11. The van der Waals surface area contributed by atoms with E-state index >= 15 is 0 Å². The number of anilines is 1. The molecule has 6 aromatic carbocycles. The number of aliphatic hydroxyl groups excluding tert-OH is 1. The molecular weight excluding hydrogens is 1180 g/mol. The van der Waals surface area contributed by atoms with Gasteiger partial charge in [0.05, 0.1) is 27.6 Å². The predicted octanol–water partition coefficient (Wildman–Crippen LogP) is 14.4. The molecular formula is C65H53Cl2FN12O3S3. The van der Waals surface area contributed by atoms with Crippen molar-refractivity contribution in [3.05, 3.63) is 306 Å². The van der Waals surface area contributed by atoms with Gasteiger partial charge in [0.25, 0.3) is 0 Å². The minimum Gasteiger partial charge on any atom is -0.383 e. The summed E-state index contributed by atoms with van der Waals surface area (Å²) in [6.45, 7) is 2.00. The smallest absolute Gasteiger partial charge is 0.185 e. The van der Waals surface area contributed by atoms with E-state index in [1.54, 1.807) is 52.5 Å². The van der Waals surface area contributed by atoms with Gasteiger partial charge in [-0.15, -0.1) is 34.0 Å². The maximum atomic E-state index is 12.1. The third-order valence-electron chi connectivity index (χ3n) is 13.2. The van der Waals surface area contributed by atoms with Crippen LogP contribution in [0.3, 0.4) is 0 Å². The highest BCUT2D eigenvalue weighted by atomic mass is 35.5. The van der Waals surface area contributed by atoms with Gasteiger partial charge in [-0.25, -0.2) is 38.1 Å². The highest BCUT2D eigenvalue weighted by Crippen LogP contribution is 2.31. The summed E-state index contributed by atoms with van der Waals surface area (Å²) in [7, 11) is 0. The molecule has 0 amide bonds. The van der Waals surface area contributed by atoms with Crippen LogP contribution >= 0.6 is 57.2 Å². The highest BCUT2D eigenvalue weighted by Gasteiger charge is 2.19. The van der Waals surface area contributed by atoms with Gasteiger partial charge in [-0.1, -0.05) is 83.9 Å². The fourth-order valence-corrected chi connectivity index (χ4v) is 11.7. The Morgan fingerprint density at radius 1 is 0.500 bits per heavy atom. The van der Waals surface area contributed by atoms with Crippen molar-refractivity contribution < 1.29 is 19.1 Å². The Morgan fingerprint density at radius 3 is 1.37 bits per heavy atom. The lowest BCUT2D eigenvalue weighted by atomic mass is 10.0. The van der Waals surface area contributed by atoms with Crippen molar-refractivity contribution in [3.63, 3.8) is 0 Å². The zero-order valence-corrected chi connectivity index (χ0v) is 49.7. The summed E-state index contributed by atoms with van der Waals surface area (Å²) >= 11 is 16.2. The van der Waals surface area contributed by atoms with E-state index in [2.05, 4.69) is 108 Å². The molecule has 0 radical (unpaired) electrons. The number of thiazole rings is 3. The third-order valence-corrected chi connectivity index (χ3v) is 16.5. The lowest BCUT2D eigenvalue weighted by molar-refractivity contribution is 0.111. The molecule has 1 aliphatic rings. The lowest BCUT2D eigenvalue weighted by Gasteiger charge is -2.28. The zero-order valence-electron chi connectivity index (χ0n) is 45.8. The van der Waals surface area contributed by atoms with E-state index in [-0.39, 0.29) is 5.82 Å². The Balaban J connectivity index is 0.000000125. The summed E-state index contributed by atoms with van der Waals surface area (Å²) in [5, 5.41) is 28.0. The van der Waals surface area contributed by atoms with E-state index in [9.17, 15) is 19.1 Å². The summed E-state index contributed by atoms with van der Waals surface area (Å²) in [6, 6.07) is 53.4. The molecule has 1 atom stereocenters. The number of carbonyl (C=O) groups excluding carboxylic acids is 2. The van der Waals surface area contributed by atoms with Crippen LogP contribution in [0, 0.1) is 5.82 Å². The van der Waals surface area contributed by atoms with Crippen LogP contribution in [0.25, 0.3) is 22.7 Å². The molecule has 0 fully saturated rings. The van der Waals surface area contributed by atoms with Gasteiger partial charge in [-0.3, -0.25) is 9.59 Å². The van der Waals surface area contributed by atoms with Gasteiger partial charge in [0, 0.05) is 115 Å². The topological polar surface area (TPSA) is 168 Å². The fourth-order valence-electron chi connectivity index (χ4n) is 8.78. The number of hydrogen-bond acceptors (Lipinski definition) is 14. The molecule has 13 aromatic rings. The fraction of sp³-hybridized carbons (Fsp3) is 0.0923. The van der Waals surface area contributed by atoms with Crippen LogP contribution in [0.5, 0.6) is 0 Å². The predicted molar refractivity (Wildman–Crippen MR) is 339 cm³/mol. The van der Waals surface area contributed by atoms with Crippen LogP contribution in [0.1, 0.15) is 69.3 Å². The maximum absolute atomic E-state index is 12.1. The van der Waals surface area contributed by atoms with E-state index in [0.29, 0.717) is 26.3 Å². The van der Waals surface area contributed by atoms with E-state index in [4.69, 9.17) is 28.2 Å². The second-order valence-corrected chi connectivity index (χ2v) is 23.4. The molecule has 21 heteroatoms. The second kappa shape index (κ2) is 30.0. The minimum absolute atomic E-state index is 0.319. The number of nitrogens with zero attached hydrogens (tertiary/aromatic N) is 12. The summed E-state index contributed by atoms with van der Waals surface area (Å²) in [5.74, 6) is -0.319. The first-order valence-corrected chi connectivity index (χ1v) is 30.0. The Morgan fingerprint density at radius 2 is 0.930 bits per heavy atom. The van der Waals surface area contributed by atoms with Gasteiger partial charge in [-0.05, 0) is 143 Å². The van der Waals surface area contributed by atoms with Gasteiger partial charge >= 0.3 is 0 Å². The van der Waals surface area contributed by atoms with Gasteiger partial charge < -0.3 is 10.0 Å². The summed E-state index contributed by atoms with van der Waals surface area (Å²) in [5.41, 5.74) is 11.5. The number of benzene rings is 6. The number of rotatable bonds is 13. The lowest BCUT2D eigenvalue weighted by Crippen LogP contribution is -2.30. The van der Waals surface area contributed by atoms with Crippen molar-refractivity contribution in [3.8, 4) is 22.7 Å². The van der Waals surface area contributed by atoms with Crippen LogP contribution in [0.15, 0.2) is 238 Å². The molecule has 14 rings (SSSR count). The van der Waals surface area contributed by atoms with Crippen LogP contribution in [0.4, 0.5) is 9.52 Å². The average Bonchev–Trinajstić information content (AvgIpc) is 4.57. The quantitative estimate of drug-likeness (QED) is 0.109. The van der Waals surface area contributed by atoms with Crippen LogP contribution in [-0.2, 0) is 25.8 Å². The minimum atomic E-state index is -0.698. The van der Waals surface area contributed by atoms with Crippen molar-refractivity contribution in [2.45, 2.75) is 31.9 Å².